The molecular weight excluding hydrogens is 452 g/mol. The number of nitrogens with zero attached hydrogens (tertiary/aromatic N) is 2. The molecule has 0 aliphatic carbocycles. The first kappa shape index (κ1) is 22.0. The van der Waals surface area contributed by atoms with Crippen molar-refractivity contribution in [2.45, 2.75) is 13.8 Å². The van der Waals surface area contributed by atoms with Crippen LogP contribution in [0.15, 0.2) is 58.3 Å². The monoisotopic (exact) mass is 470 g/mol. The van der Waals surface area contributed by atoms with Crippen molar-refractivity contribution in [3.05, 3.63) is 58.3 Å². The van der Waals surface area contributed by atoms with Gasteiger partial charge in [-0.25, -0.2) is 9.80 Å². The maximum Gasteiger partial charge on any atom is 0.298 e. The van der Waals surface area contributed by atoms with Gasteiger partial charge in [-0.3, -0.25) is 19.2 Å². The lowest BCUT2D eigenvalue weighted by Gasteiger charge is -2.14. The van der Waals surface area contributed by atoms with E-state index in [0.717, 1.165) is 9.80 Å². The van der Waals surface area contributed by atoms with Gasteiger partial charge in [0.15, 0.2) is 0 Å². The fourth-order valence-corrected chi connectivity index (χ4v) is 5.05. The zero-order valence-corrected chi connectivity index (χ0v) is 18.8. The van der Waals surface area contributed by atoms with Crippen LogP contribution in [-0.2, 0) is 9.59 Å². The Labute approximate surface area is 192 Å². The van der Waals surface area contributed by atoms with E-state index in [1.165, 1.54) is 0 Å². The Morgan fingerprint density at radius 1 is 0.625 bits per heavy atom. The van der Waals surface area contributed by atoms with E-state index in [2.05, 4.69) is 0 Å². The average molecular weight is 471 g/mol. The van der Waals surface area contributed by atoms with Crippen molar-refractivity contribution in [2.75, 3.05) is 23.0 Å². The molecule has 2 aliphatic heterocycles. The van der Waals surface area contributed by atoms with Crippen LogP contribution in [0.25, 0.3) is 0 Å². The minimum Gasteiger partial charge on any atom is -0.494 e. The molecule has 2 heterocycles. The highest BCUT2D eigenvalue weighted by Gasteiger charge is 2.45. The predicted molar refractivity (Wildman–Crippen MR) is 123 cm³/mol. The molecule has 164 valence electrons. The van der Waals surface area contributed by atoms with Crippen LogP contribution >= 0.6 is 23.5 Å². The first-order valence-corrected chi connectivity index (χ1v) is 11.4. The van der Waals surface area contributed by atoms with Crippen LogP contribution in [0, 0.1) is 0 Å². The van der Waals surface area contributed by atoms with Crippen LogP contribution in [0.4, 0.5) is 21.0 Å². The smallest absolute Gasteiger partial charge is 0.298 e. The Morgan fingerprint density at radius 3 is 1.28 bits per heavy atom. The minimum absolute atomic E-state index is 0.0549. The Balaban J connectivity index is 1.61. The summed E-state index contributed by atoms with van der Waals surface area (Å²) >= 11 is 1.29. The SMILES string of the molecule is CCOc1ccc(N2C(=O)S/C(=C3/SC(=O)N(c4ccc(OCC)cc4)C3=O)C2=O)cc1. The van der Waals surface area contributed by atoms with E-state index in [0.29, 0.717) is 59.6 Å². The number of anilines is 2. The molecule has 8 nitrogen and oxygen atoms in total. The fraction of sp³-hybridized carbons (Fsp3) is 0.182. The van der Waals surface area contributed by atoms with E-state index in [9.17, 15) is 19.2 Å². The maximum atomic E-state index is 13.0. The molecule has 0 spiro atoms. The van der Waals surface area contributed by atoms with Crippen LogP contribution in [0.1, 0.15) is 13.8 Å². The molecule has 4 rings (SSSR count). The molecule has 4 amide bonds. The van der Waals surface area contributed by atoms with Crippen molar-refractivity contribution in [3.63, 3.8) is 0 Å². The number of thioether (sulfide) groups is 2. The highest BCUT2D eigenvalue weighted by Crippen LogP contribution is 2.44. The van der Waals surface area contributed by atoms with E-state index >= 15 is 0 Å². The molecule has 2 aromatic carbocycles. The summed E-state index contributed by atoms with van der Waals surface area (Å²) in [6.45, 7) is 4.69. The van der Waals surface area contributed by atoms with E-state index in [4.69, 9.17) is 9.47 Å². The molecule has 0 saturated carbocycles. The quantitative estimate of drug-likeness (QED) is 0.556. The molecule has 0 radical (unpaired) electrons. The number of hydrogen-bond acceptors (Lipinski definition) is 8. The third-order valence-corrected chi connectivity index (χ3v) is 6.57. The lowest BCUT2D eigenvalue weighted by Crippen LogP contribution is -2.29. The highest BCUT2D eigenvalue weighted by molar-refractivity contribution is 8.22. The van der Waals surface area contributed by atoms with Gasteiger partial charge < -0.3 is 9.47 Å². The predicted octanol–water partition coefficient (Wildman–Crippen LogP) is 4.80. The molecule has 10 heteroatoms. The van der Waals surface area contributed by atoms with E-state index in [-0.39, 0.29) is 9.81 Å². The lowest BCUT2D eigenvalue weighted by atomic mass is 10.2. The maximum absolute atomic E-state index is 13.0. The summed E-state index contributed by atoms with van der Waals surface area (Å²) in [7, 11) is 0. The number of hydrogen-bond donors (Lipinski definition) is 0. The number of carbonyl (C=O) groups is 4. The van der Waals surface area contributed by atoms with E-state index in [1.54, 1.807) is 48.5 Å². The van der Waals surface area contributed by atoms with Crippen LogP contribution in [0.5, 0.6) is 11.5 Å². The van der Waals surface area contributed by atoms with Crippen molar-refractivity contribution in [3.8, 4) is 11.5 Å². The van der Waals surface area contributed by atoms with Crippen LogP contribution in [0.2, 0.25) is 0 Å². The summed E-state index contributed by atoms with van der Waals surface area (Å²) in [5, 5.41) is -1.08. The third-order valence-electron chi connectivity index (χ3n) is 4.56. The minimum atomic E-state index is -0.638. The molecule has 2 saturated heterocycles. The van der Waals surface area contributed by atoms with Crippen molar-refractivity contribution >= 4 is 57.2 Å². The molecule has 0 bridgehead atoms. The van der Waals surface area contributed by atoms with Gasteiger partial charge in [0, 0.05) is 0 Å². The lowest BCUT2D eigenvalue weighted by molar-refractivity contribution is -0.115. The number of carbonyl (C=O) groups excluding carboxylic acids is 4. The second kappa shape index (κ2) is 9.09. The van der Waals surface area contributed by atoms with Gasteiger partial charge in [0.1, 0.15) is 21.3 Å². The normalized spacial score (nSPS) is 18.7. The molecule has 2 aliphatic rings. The molecule has 0 N–H and O–H groups in total. The first-order chi connectivity index (χ1) is 15.4. The summed E-state index contributed by atoms with van der Waals surface area (Å²) in [5.74, 6) is -0.0536. The number of benzene rings is 2. The Morgan fingerprint density at radius 2 is 0.969 bits per heavy atom. The number of amides is 4. The number of rotatable bonds is 6. The van der Waals surface area contributed by atoms with Crippen LogP contribution in [-0.4, -0.2) is 35.5 Å². The van der Waals surface area contributed by atoms with Gasteiger partial charge in [-0.15, -0.1) is 0 Å². The van der Waals surface area contributed by atoms with Crippen molar-refractivity contribution in [1.82, 2.24) is 0 Å². The van der Waals surface area contributed by atoms with Crippen molar-refractivity contribution in [1.29, 1.82) is 0 Å². The summed E-state index contributed by atoms with van der Waals surface area (Å²) in [4.78, 5) is 53.0. The standard InChI is InChI=1S/C22H18N2O6S2/c1-3-29-15-9-5-13(6-10-15)23-19(25)17(31-21(23)27)18-20(26)24(22(28)32-18)14-7-11-16(12-8-14)30-4-2/h5-12H,3-4H2,1-2H3/b18-17+. The Kier molecular flexibility index (Phi) is 6.24. The largest absolute Gasteiger partial charge is 0.494 e. The molecule has 2 aromatic rings. The molecular formula is C22H18N2O6S2. The summed E-state index contributed by atoms with van der Waals surface area (Å²) in [5.41, 5.74) is 0.716. The van der Waals surface area contributed by atoms with Gasteiger partial charge >= 0.3 is 0 Å². The third kappa shape index (κ3) is 3.98. The van der Waals surface area contributed by atoms with Crippen LogP contribution in [0.3, 0.4) is 0 Å². The van der Waals surface area contributed by atoms with E-state index < -0.39 is 22.3 Å². The molecule has 0 atom stereocenters. The zero-order chi connectivity index (χ0) is 22.8. The van der Waals surface area contributed by atoms with Crippen molar-refractivity contribution in [2.24, 2.45) is 0 Å². The summed E-state index contributed by atoms with van der Waals surface area (Å²) < 4.78 is 10.8. The molecule has 2 fully saturated rings. The first-order valence-electron chi connectivity index (χ1n) is 9.77. The van der Waals surface area contributed by atoms with Gasteiger partial charge in [0.2, 0.25) is 0 Å². The van der Waals surface area contributed by atoms with Gasteiger partial charge in [0.05, 0.1) is 24.6 Å². The topological polar surface area (TPSA) is 93.2 Å². The summed E-state index contributed by atoms with van der Waals surface area (Å²) in [6.07, 6.45) is 0. The summed E-state index contributed by atoms with van der Waals surface area (Å²) in [6, 6.07) is 13.0. The molecule has 0 unspecified atom stereocenters. The van der Waals surface area contributed by atoms with Gasteiger partial charge in [-0.2, -0.15) is 0 Å². The average Bonchev–Trinajstić information content (AvgIpc) is 3.24. The number of ether oxygens (including phenoxy) is 2. The van der Waals surface area contributed by atoms with Gasteiger partial charge in [0.25, 0.3) is 22.3 Å². The second-order valence-electron chi connectivity index (χ2n) is 6.53. The zero-order valence-electron chi connectivity index (χ0n) is 17.2. The Bertz CT molecular complexity index is 1040. The van der Waals surface area contributed by atoms with E-state index in [1.807, 2.05) is 13.8 Å². The van der Waals surface area contributed by atoms with Crippen LogP contribution < -0.4 is 19.3 Å². The molecule has 32 heavy (non-hydrogen) atoms. The second-order valence-corrected chi connectivity index (χ2v) is 8.45. The van der Waals surface area contributed by atoms with Gasteiger partial charge in [-0.05, 0) is 85.9 Å². The van der Waals surface area contributed by atoms with Crippen molar-refractivity contribution < 1.29 is 28.7 Å². The Hall–Kier alpha value is -3.24. The van der Waals surface area contributed by atoms with Gasteiger partial charge in [-0.1, -0.05) is 0 Å². The highest BCUT2D eigenvalue weighted by atomic mass is 32.2. The molecule has 0 aromatic heterocycles. The number of imide groups is 2. The fourth-order valence-electron chi connectivity index (χ4n) is 3.17.